The van der Waals surface area contributed by atoms with Crippen LogP contribution in [0.1, 0.15) is 11.1 Å². The van der Waals surface area contributed by atoms with E-state index in [2.05, 4.69) is 15.7 Å². The minimum absolute atomic E-state index is 0.229. The van der Waals surface area contributed by atoms with Gasteiger partial charge in [-0.3, -0.25) is 4.68 Å². The van der Waals surface area contributed by atoms with E-state index in [1.807, 2.05) is 18.2 Å². The maximum Gasteiger partial charge on any atom is 0.172 e. The van der Waals surface area contributed by atoms with Gasteiger partial charge in [0.25, 0.3) is 0 Å². The molecule has 1 aromatic heterocycles. The molecule has 0 bridgehead atoms. The average molecular weight is 449 g/mol. The van der Waals surface area contributed by atoms with Crippen LogP contribution in [-0.2, 0) is 13.0 Å². The van der Waals surface area contributed by atoms with Gasteiger partial charge in [-0.1, -0.05) is 23.7 Å². The zero-order valence-electron chi connectivity index (χ0n) is 16.6. The molecule has 2 N–H and O–H groups in total. The highest BCUT2D eigenvalue weighted by Crippen LogP contribution is 2.27. The Hall–Kier alpha value is -2.84. The van der Waals surface area contributed by atoms with Gasteiger partial charge in [0, 0.05) is 29.4 Å². The second-order valence-electron chi connectivity index (χ2n) is 6.42. The summed E-state index contributed by atoms with van der Waals surface area (Å²) in [7, 11) is 3.22. The Morgan fingerprint density at radius 2 is 1.97 bits per heavy atom. The number of anilines is 1. The Bertz CT molecular complexity index is 1010. The van der Waals surface area contributed by atoms with E-state index in [0.29, 0.717) is 39.6 Å². The molecule has 0 aliphatic rings. The first-order valence-corrected chi connectivity index (χ1v) is 10.0. The zero-order valence-corrected chi connectivity index (χ0v) is 18.2. The third kappa shape index (κ3) is 5.61. The van der Waals surface area contributed by atoms with Crippen molar-refractivity contribution in [1.82, 2.24) is 15.1 Å². The third-order valence-electron chi connectivity index (χ3n) is 4.41. The van der Waals surface area contributed by atoms with E-state index >= 15 is 0 Å². The summed E-state index contributed by atoms with van der Waals surface area (Å²) in [6, 6.07) is 12.2. The molecule has 0 spiro atoms. The fraction of sp³-hybridized carbons (Fsp3) is 0.238. The van der Waals surface area contributed by atoms with Crippen LogP contribution in [0.3, 0.4) is 0 Å². The van der Waals surface area contributed by atoms with Gasteiger partial charge in [-0.2, -0.15) is 5.10 Å². The van der Waals surface area contributed by atoms with E-state index in [1.54, 1.807) is 43.3 Å². The van der Waals surface area contributed by atoms with Crippen LogP contribution >= 0.6 is 23.8 Å². The number of ether oxygens (including phenoxy) is 2. The molecule has 0 unspecified atom stereocenters. The molecule has 0 atom stereocenters. The van der Waals surface area contributed by atoms with Crippen LogP contribution in [0.15, 0.2) is 48.7 Å². The van der Waals surface area contributed by atoms with Gasteiger partial charge in [0.1, 0.15) is 5.82 Å². The summed E-state index contributed by atoms with van der Waals surface area (Å²) in [4.78, 5) is 0. The number of aromatic nitrogens is 2. The lowest BCUT2D eigenvalue weighted by molar-refractivity contribution is 0.354. The molecule has 0 amide bonds. The normalized spacial score (nSPS) is 10.5. The summed E-state index contributed by atoms with van der Waals surface area (Å²) in [5, 5.41) is 11.3. The summed E-state index contributed by atoms with van der Waals surface area (Å²) in [6.07, 6.45) is 2.49. The highest BCUT2D eigenvalue weighted by Gasteiger charge is 2.09. The van der Waals surface area contributed by atoms with Crippen molar-refractivity contribution < 1.29 is 13.9 Å². The van der Waals surface area contributed by atoms with Gasteiger partial charge < -0.3 is 20.1 Å². The Kier molecular flexibility index (Phi) is 7.48. The van der Waals surface area contributed by atoms with Crippen molar-refractivity contribution in [2.45, 2.75) is 13.0 Å². The number of hydrogen-bond acceptors (Lipinski definition) is 4. The number of benzene rings is 2. The van der Waals surface area contributed by atoms with Crippen LogP contribution < -0.4 is 20.1 Å². The molecule has 158 valence electrons. The molecule has 30 heavy (non-hydrogen) atoms. The van der Waals surface area contributed by atoms with E-state index in [1.165, 1.54) is 6.07 Å². The summed E-state index contributed by atoms with van der Waals surface area (Å²) in [5.74, 6) is 1.58. The molecule has 1 heterocycles. The van der Waals surface area contributed by atoms with Crippen LogP contribution in [-0.4, -0.2) is 35.7 Å². The fourth-order valence-corrected chi connectivity index (χ4v) is 3.31. The molecule has 3 aromatic rings. The maximum atomic E-state index is 13.9. The minimum atomic E-state index is -0.361. The van der Waals surface area contributed by atoms with E-state index < -0.39 is 0 Å². The first-order valence-electron chi connectivity index (χ1n) is 9.22. The third-order valence-corrected chi connectivity index (χ3v) is 5.01. The Morgan fingerprint density at radius 3 is 2.70 bits per heavy atom. The molecule has 3 rings (SSSR count). The summed E-state index contributed by atoms with van der Waals surface area (Å²) in [6.45, 7) is 0.861. The highest BCUT2D eigenvalue weighted by atomic mass is 35.5. The number of methoxy groups -OCH3 is 2. The Labute approximate surface area is 184 Å². The molecule has 0 aliphatic heterocycles. The van der Waals surface area contributed by atoms with Gasteiger partial charge in [-0.05, 0) is 48.5 Å². The van der Waals surface area contributed by atoms with E-state index in [9.17, 15) is 4.39 Å². The first-order chi connectivity index (χ1) is 14.5. The lowest BCUT2D eigenvalue weighted by atomic mass is 10.1. The number of thiocarbonyl (C=S) groups is 1. The number of halogens is 2. The van der Waals surface area contributed by atoms with Crippen LogP contribution in [0.25, 0.3) is 0 Å². The molecule has 0 fully saturated rings. The predicted molar refractivity (Wildman–Crippen MR) is 120 cm³/mol. The van der Waals surface area contributed by atoms with Crippen molar-refractivity contribution in [2.24, 2.45) is 0 Å². The fourth-order valence-electron chi connectivity index (χ4n) is 2.88. The molecular formula is C21H22ClFN4O2S. The van der Waals surface area contributed by atoms with Gasteiger partial charge in [0.05, 0.1) is 20.8 Å². The molecule has 0 radical (unpaired) electrons. The second kappa shape index (κ2) is 10.3. The minimum Gasteiger partial charge on any atom is -0.493 e. The highest BCUT2D eigenvalue weighted by molar-refractivity contribution is 7.80. The SMILES string of the molecule is COc1ccc(CCNC(=S)Nc2ccn(Cc3c(F)cccc3Cl)n2)cc1OC. The van der Waals surface area contributed by atoms with Gasteiger partial charge in [0.2, 0.25) is 0 Å². The summed E-state index contributed by atoms with van der Waals surface area (Å²) in [5.41, 5.74) is 1.48. The van der Waals surface area contributed by atoms with Crippen LogP contribution in [0.2, 0.25) is 5.02 Å². The second-order valence-corrected chi connectivity index (χ2v) is 7.23. The standard InChI is InChI=1S/C21H22ClFN4O2S/c1-28-18-7-6-14(12-19(18)29-2)8-10-24-21(30)25-20-9-11-27(26-20)13-15-16(22)4-3-5-17(15)23/h3-7,9,11-12H,8,10,13H2,1-2H3,(H2,24,25,26,30). The number of nitrogens with one attached hydrogen (secondary N) is 2. The van der Waals surface area contributed by atoms with Crippen LogP contribution in [0.4, 0.5) is 10.2 Å². The molecule has 9 heteroatoms. The smallest absolute Gasteiger partial charge is 0.172 e. The lowest BCUT2D eigenvalue weighted by Gasteiger charge is -2.11. The molecule has 0 saturated heterocycles. The summed E-state index contributed by atoms with van der Waals surface area (Å²) >= 11 is 11.4. The topological polar surface area (TPSA) is 60.3 Å². The van der Waals surface area contributed by atoms with E-state index in [-0.39, 0.29) is 12.4 Å². The monoisotopic (exact) mass is 448 g/mol. The van der Waals surface area contributed by atoms with E-state index in [4.69, 9.17) is 33.3 Å². The number of rotatable bonds is 8. The Morgan fingerprint density at radius 1 is 1.17 bits per heavy atom. The summed E-state index contributed by atoms with van der Waals surface area (Å²) < 4.78 is 26.1. The first kappa shape index (κ1) is 21.9. The van der Waals surface area contributed by atoms with Crippen LogP contribution in [0, 0.1) is 5.82 Å². The van der Waals surface area contributed by atoms with Crippen LogP contribution in [0.5, 0.6) is 11.5 Å². The van der Waals surface area contributed by atoms with Crippen molar-refractivity contribution in [3.8, 4) is 11.5 Å². The van der Waals surface area contributed by atoms with Gasteiger partial charge >= 0.3 is 0 Å². The number of hydrogen-bond donors (Lipinski definition) is 2. The van der Waals surface area contributed by atoms with Crippen molar-refractivity contribution >= 4 is 34.7 Å². The van der Waals surface area contributed by atoms with Crippen molar-refractivity contribution in [1.29, 1.82) is 0 Å². The number of nitrogens with zero attached hydrogens (tertiary/aromatic N) is 2. The zero-order chi connectivity index (χ0) is 21.5. The molecule has 0 aliphatic carbocycles. The largest absolute Gasteiger partial charge is 0.493 e. The molecule has 2 aromatic carbocycles. The predicted octanol–water partition coefficient (Wildman–Crippen LogP) is 4.27. The molecule has 6 nitrogen and oxygen atoms in total. The maximum absolute atomic E-state index is 13.9. The van der Waals surface area contributed by atoms with Gasteiger partial charge in [-0.25, -0.2) is 4.39 Å². The van der Waals surface area contributed by atoms with E-state index in [0.717, 1.165) is 12.0 Å². The molecular weight excluding hydrogens is 427 g/mol. The van der Waals surface area contributed by atoms with Gasteiger partial charge in [-0.15, -0.1) is 0 Å². The van der Waals surface area contributed by atoms with Crippen molar-refractivity contribution in [2.75, 3.05) is 26.1 Å². The van der Waals surface area contributed by atoms with Crippen molar-refractivity contribution in [3.05, 3.63) is 70.6 Å². The quantitative estimate of drug-likeness (QED) is 0.502. The Balaban J connectivity index is 1.50. The lowest BCUT2D eigenvalue weighted by Crippen LogP contribution is -2.30. The van der Waals surface area contributed by atoms with Gasteiger partial charge in [0.15, 0.2) is 22.4 Å². The molecule has 0 saturated carbocycles. The van der Waals surface area contributed by atoms with Crippen molar-refractivity contribution in [3.63, 3.8) is 0 Å². The average Bonchev–Trinajstić information content (AvgIpc) is 3.17.